The third-order valence-electron chi connectivity index (χ3n) is 6.29. The lowest BCUT2D eigenvalue weighted by molar-refractivity contribution is -0.197. The Morgan fingerprint density at radius 2 is 1.75 bits per heavy atom. The van der Waals surface area contributed by atoms with E-state index in [0.717, 1.165) is 45.5 Å². The number of hydroxylamine groups is 2. The number of para-hydroxylation sites is 1. The summed E-state index contributed by atoms with van der Waals surface area (Å²) in [4.78, 5) is 55.3. The van der Waals surface area contributed by atoms with Gasteiger partial charge in [-0.2, -0.15) is 0 Å². The molecule has 36 heavy (non-hydrogen) atoms. The summed E-state index contributed by atoms with van der Waals surface area (Å²) in [6, 6.07) is 16.1. The Kier molecular flexibility index (Phi) is 7.20. The quantitative estimate of drug-likeness (QED) is 0.337. The highest BCUT2D eigenvalue weighted by Gasteiger charge is 2.35. The molecule has 7 nitrogen and oxygen atoms in total. The molecule has 0 radical (unpaired) electrons. The number of fused-ring (bicyclic) bond motifs is 5. The fourth-order valence-electron chi connectivity index (χ4n) is 4.58. The fourth-order valence-corrected chi connectivity index (χ4v) is 7.39. The van der Waals surface area contributed by atoms with Gasteiger partial charge in [-0.1, -0.05) is 49.7 Å². The first kappa shape index (κ1) is 24.6. The molecule has 0 aliphatic carbocycles. The van der Waals surface area contributed by atoms with E-state index in [1.807, 2.05) is 34.9 Å². The molecule has 2 amide bonds. The molecule has 186 valence electrons. The molecule has 1 fully saturated rings. The summed E-state index contributed by atoms with van der Waals surface area (Å²) >= 11 is 3.31. The Morgan fingerprint density at radius 1 is 1.03 bits per heavy atom. The molecule has 1 aromatic heterocycles. The topological polar surface area (TPSA) is 85.7 Å². The molecule has 2 aliphatic rings. The number of thioether (sulfide) groups is 2. The predicted molar refractivity (Wildman–Crippen MR) is 140 cm³/mol. The zero-order valence-electron chi connectivity index (χ0n) is 19.9. The number of aromatic nitrogens is 1. The maximum Gasteiger partial charge on any atom is 0.334 e. The smallest absolute Gasteiger partial charge is 0.330 e. The van der Waals surface area contributed by atoms with Gasteiger partial charge in [0.05, 0.1) is 22.2 Å². The van der Waals surface area contributed by atoms with Gasteiger partial charge in [-0.3, -0.25) is 19.0 Å². The van der Waals surface area contributed by atoms with Crippen LogP contribution in [0.1, 0.15) is 60.4 Å². The van der Waals surface area contributed by atoms with Crippen LogP contribution in [0.4, 0.5) is 0 Å². The molecule has 0 saturated carbocycles. The monoisotopic (exact) mass is 522 g/mol. The lowest BCUT2D eigenvalue weighted by atomic mass is 10.1. The SMILES string of the molecule is CCCCC(=O)n1c2c(c3ccccc31)C(SCCC(=O)ON1C(=O)CCC1=O)Sc1ccccc1-2. The summed E-state index contributed by atoms with van der Waals surface area (Å²) < 4.78 is 1.84. The average Bonchev–Trinajstić information content (AvgIpc) is 3.40. The molecule has 0 N–H and O–H groups in total. The third-order valence-corrected chi connectivity index (χ3v) is 9.03. The van der Waals surface area contributed by atoms with Crippen LogP contribution < -0.4 is 0 Å². The van der Waals surface area contributed by atoms with Crippen LogP contribution in [-0.2, 0) is 19.2 Å². The van der Waals surface area contributed by atoms with Crippen molar-refractivity contribution in [1.29, 1.82) is 0 Å². The summed E-state index contributed by atoms with van der Waals surface area (Å²) in [5.41, 5.74) is 3.96. The highest BCUT2D eigenvalue weighted by Crippen LogP contribution is 2.56. The van der Waals surface area contributed by atoms with E-state index in [4.69, 9.17) is 4.84 Å². The lowest BCUT2D eigenvalue weighted by Crippen LogP contribution is -2.32. The minimum absolute atomic E-state index is 0.0390. The number of carbonyl (C=O) groups excluding carboxylic acids is 4. The van der Waals surface area contributed by atoms with E-state index in [2.05, 4.69) is 25.1 Å². The number of nitrogens with zero attached hydrogens (tertiary/aromatic N) is 2. The highest BCUT2D eigenvalue weighted by atomic mass is 32.2. The first-order valence-corrected chi connectivity index (χ1v) is 14.0. The summed E-state index contributed by atoms with van der Waals surface area (Å²) in [6.07, 6.45) is 2.46. The van der Waals surface area contributed by atoms with Crippen molar-refractivity contribution in [2.24, 2.45) is 0 Å². The van der Waals surface area contributed by atoms with E-state index in [9.17, 15) is 19.2 Å². The third kappa shape index (κ3) is 4.57. The molecule has 2 aliphatic heterocycles. The van der Waals surface area contributed by atoms with Gasteiger partial charge in [0, 0.05) is 46.4 Å². The van der Waals surface area contributed by atoms with Crippen LogP contribution >= 0.6 is 23.5 Å². The summed E-state index contributed by atoms with van der Waals surface area (Å²) in [7, 11) is 0. The first-order chi connectivity index (χ1) is 17.5. The maximum absolute atomic E-state index is 13.4. The van der Waals surface area contributed by atoms with E-state index in [1.165, 1.54) is 0 Å². The zero-order chi connectivity index (χ0) is 25.2. The Balaban J connectivity index is 1.44. The van der Waals surface area contributed by atoms with Crippen molar-refractivity contribution >= 4 is 58.1 Å². The largest absolute Gasteiger partial charge is 0.334 e. The summed E-state index contributed by atoms with van der Waals surface area (Å²) in [6.45, 7) is 2.08. The van der Waals surface area contributed by atoms with Crippen LogP contribution in [0.2, 0.25) is 0 Å². The van der Waals surface area contributed by atoms with Crippen LogP contribution in [0.5, 0.6) is 0 Å². The van der Waals surface area contributed by atoms with Crippen LogP contribution in [-0.4, -0.2) is 39.1 Å². The molecule has 1 atom stereocenters. The number of rotatable bonds is 8. The number of amides is 2. The highest BCUT2D eigenvalue weighted by molar-refractivity contribution is 8.16. The fraction of sp³-hybridized carbons (Fsp3) is 0.333. The minimum atomic E-state index is -0.607. The summed E-state index contributed by atoms with van der Waals surface area (Å²) in [5.74, 6) is -1.04. The van der Waals surface area contributed by atoms with E-state index < -0.39 is 17.8 Å². The van der Waals surface area contributed by atoms with Crippen molar-refractivity contribution < 1.29 is 24.0 Å². The standard InChI is InChI=1S/C27H26N2O5S2/c1-2-3-12-21(30)28-19-10-6-4-8-17(19)25-26(28)18-9-5-7-11-20(18)36-27(25)35-16-15-24(33)34-29-22(31)13-14-23(29)32/h4-11,27H,2-3,12-16H2,1H3. The second kappa shape index (κ2) is 10.5. The molecule has 9 heteroatoms. The van der Waals surface area contributed by atoms with Gasteiger partial charge in [0.25, 0.3) is 11.8 Å². The number of hydrogen-bond donors (Lipinski definition) is 0. The number of unbranched alkanes of at least 4 members (excludes halogenated alkanes) is 1. The molecular weight excluding hydrogens is 496 g/mol. The normalized spacial score (nSPS) is 16.8. The van der Waals surface area contributed by atoms with Gasteiger partial charge in [-0.05, 0) is 18.6 Å². The van der Waals surface area contributed by atoms with Gasteiger partial charge in [0.1, 0.15) is 0 Å². The molecule has 3 aromatic rings. The minimum Gasteiger partial charge on any atom is -0.330 e. The van der Waals surface area contributed by atoms with Gasteiger partial charge in [-0.25, -0.2) is 4.79 Å². The van der Waals surface area contributed by atoms with Crippen molar-refractivity contribution in [3.8, 4) is 11.3 Å². The van der Waals surface area contributed by atoms with E-state index in [0.29, 0.717) is 17.2 Å². The Hall–Kier alpha value is -3.04. The van der Waals surface area contributed by atoms with Crippen LogP contribution in [0.25, 0.3) is 22.2 Å². The molecular formula is C27H26N2O5S2. The summed E-state index contributed by atoms with van der Waals surface area (Å²) in [5, 5.41) is 1.62. The molecule has 1 unspecified atom stereocenters. The van der Waals surface area contributed by atoms with Crippen molar-refractivity contribution in [2.75, 3.05) is 5.75 Å². The van der Waals surface area contributed by atoms with Crippen molar-refractivity contribution in [2.45, 2.75) is 54.9 Å². The lowest BCUT2D eigenvalue weighted by Gasteiger charge is -2.26. The zero-order valence-corrected chi connectivity index (χ0v) is 21.5. The van der Waals surface area contributed by atoms with E-state index in [-0.39, 0.29) is 29.8 Å². The van der Waals surface area contributed by atoms with E-state index >= 15 is 0 Å². The maximum atomic E-state index is 13.4. The Bertz CT molecular complexity index is 1350. The van der Waals surface area contributed by atoms with Crippen molar-refractivity contribution in [3.63, 3.8) is 0 Å². The average molecular weight is 523 g/mol. The second-order valence-corrected chi connectivity index (χ2v) is 11.4. The molecule has 0 bridgehead atoms. The van der Waals surface area contributed by atoms with Crippen molar-refractivity contribution in [1.82, 2.24) is 9.63 Å². The second-order valence-electron chi connectivity index (χ2n) is 8.72. The van der Waals surface area contributed by atoms with Gasteiger partial charge < -0.3 is 4.84 Å². The predicted octanol–water partition coefficient (Wildman–Crippen LogP) is 5.97. The molecule has 5 rings (SSSR count). The van der Waals surface area contributed by atoms with Crippen LogP contribution in [0.3, 0.4) is 0 Å². The van der Waals surface area contributed by atoms with Gasteiger partial charge in [0.15, 0.2) is 0 Å². The van der Waals surface area contributed by atoms with Crippen LogP contribution in [0.15, 0.2) is 53.4 Å². The van der Waals surface area contributed by atoms with Crippen LogP contribution in [0, 0.1) is 0 Å². The number of imide groups is 1. The van der Waals surface area contributed by atoms with Crippen molar-refractivity contribution in [3.05, 3.63) is 54.1 Å². The number of benzene rings is 2. The first-order valence-electron chi connectivity index (χ1n) is 12.1. The molecule has 1 saturated heterocycles. The Morgan fingerprint density at radius 3 is 2.53 bits per heavy atom. The van der Waals surface area contributed by atoms with Gasteiger partial charge in [-0.15, -0.1) is 28.6 Å². The van der Waals surface area contributed by atoms with Gasteiger partial charge in [0.2, 0.25) is 5.91 Å². The number of carbonyl (C=O) groups is 4. The number of hydrogen-bond acceptors (Lipinski definition) is 7. The van der Waals surface area contributed by atoms with E-state index in [1.54, 1.807) is 23.5 Å². The Labute approximate surface area is 217 Å². The molecule has 0 spiro atoms. The molecule has 2 aromatic carbocycles. The van der Waals surface area contributed by atoms with Gasteiger partial charge >= 0.3 is 5.97 Å². The molecule has 3 heterocycles.